The normalized spacial score (nSPS) is 23.4. The maximum absolute atomic E-state index is 12.9. The summed E-state index contributed by atoms with van der Waals surface area (Å²) in [5.41, 5.74) is 5.05. The summed E-state index contributed by atoms with van der Waals surface area (Å²) in [6.45, 7) is 0.519. The van der Waals surface area contributed by atoms with Crippen molar-refractivity contribution in [3.63, 3.8) is 0 Å². The second-order valence-electron chi connectivity index (χ2n) is 7.31. The van der Waals surface area contributed by atoms with Gasteiger partial charge in [-0.15, -0.1) is 0 Å². The summed E-state index contributed by atoms with van der Waals surface area (Å²) in [5, 5.41) is 12.9. The van der Waals surface area contributed by atoms with Crippen molar-refractivity contribution < 1.29 is 18.6 Å². The van der Waals surface area contributed by atoms with Crippen molar-refractivity contribution in [1.29, 1.82) is 0 Å². The number of benzene rings is 1. The van der Waals surface area contributed by atoms with Gasteiger partial charge in [0.25, 0.3) is 0 Å². The average Bonchev–Trinajstić information content (AvgIpc) is 3.01. The van der Waals surface area contributed by atoms with Gasteiger partial charge in [-0.05, 0) is 42.2 Å². The summed E-state index contributed by atoms with van der Waals surface area (Å²) in [4.78, 5) is 2.16. The highest BCUT2D eigenvalue weighted by Crippen LogP contribution is 2.48. The van der Waals surface area contributed by atoms with Crippen molar-refractivity contribution in [3.8, 4) is 0 Å². The summed E-state index contributed by atoms with van der Waals surface area (Å²) in [6, 6.07) is 8.05. The minimum Gasteiger partial charge on any atom is -0.340 e. The summed E-state index contributed by atoms with van der Waals surface area (Å²) < 4.78 is 38.7. The molecule has 1 aliphatic heterocycles. The van der Waals surface area contributed by atoms with Crippen LogP contribution in [0.2, 0.25) is 0 Å². The standard InChI is InChI=1S/C21H20F3N5/c22-21(23,24)15-8-5-13(6-9-15)12-29-18-4-2-1-3-16(18)17-11-14(7-10-19(17)29)20(25)27-28-26/h1-8,10,15,17H,9,11-12H2,(H3,25,26,27)/p+1. The lowest BCUT2D eigenvalue weighted by molar-refractivity contribution is -0.160. The van der Waals surface area contributed by atoms with Crippen LogP contribution in [0.1, 0.15) is 24.3 Å². The van der Waals surface area contributed by atoms with Gasteiger partial charge in [0.2, 0.25) is 0 Å². The van der Waals surface area contributed by atoms with E-state index in [0.29, 0.717) is 13.0 Å². The van der Waals surface area contributed by atoms with Crippen LogP contribution < -0.4 is 16.2 Å². The molecule has 0 aromatic heterocycles. The zero-order valence-corrected chi connectivity index (χ0v) is 15.6. The van der Waals surface area contributed by atoms with E-state index in [-0.39, 0.29) is 18.2 Å². The van der Waals surface area contributed by atoms with E-state index in [0.717, 1.165) is 28.1 Å². The Kier molecular flexibility index (Phi) is 4.86. The van der Waals surface area contributed by atoms with Crippen molar-refractivity contribution in [3.05, 3.63) is 77.1 Å². The predicted octanol–water partition coefficient (Wildman–Crippen LogP) is 3.35. The van der Waals surface area contributed by atoms with Gasteiger partial charge in [-0.2, -0.15) is 13.2 Å². The third kappa shape index (κ3) is 3.62. The fourth-order valence-electron chi connectivity index (χ4n) is 4.11. The summed E-state index contributed by atoms with van der Waals surface area (Å²) in [7, 11) is 0. The summed E-state index contributed by atoms with van der Waals surface area (Å²) >= 11 is 0. The molecule has 150 valence electrons. The van der Waals surface area contributed by atoms with Crippen LogP contribution in [0.5, 0.6) is 0 Å². The zero-order valence-electron chi connectivity index (χ0n) is 15.6. The molecule has 0 radical (unpaired) electrons. The number of hydrogen-bond acceptors (Lipinski definition) is 2. The van der Waals surface area contributed by atoms with Crippen molar-refractivity contribution in [1.82, 2.24) is 0 Å². The third-order valence-electron chi connectivity index (χ3n) is 5.58. The Morgan fingerprint density at radius 2 is 2.03 bits per heavy atom. The molecule has 4 N–H and O–H groups in total. The number of nitrogens with zero attached hydrogens (tertiary/aromatic N) is 3. The van der Waals surface area contributed by atoms with Gasteiger partial charge in [0, 0.05) is 34.6 Å². The first-order valence-corrected chi connectivity index (χ1v) is 9.33. The van der Waals surface area contributed by atoms with Gasteiger partial charge in [0.05, 0.1) is 11.0 Å². The van der Waals surface area contributed by atoms with Crippen LogP contribution in [0.15, 0.2) is 81.8 Å². The van der Waals surface area contributed by atoms with Gasteiger partial charge in [-0.25, -0.2) is 0 Å². The van der Waals surface area contributed by atoms with Crippen LogP contribution in [0.3, 0.4) is 0 Å². The Labute approximate surface area is 166 Å². The Balaban J connectivity index is 1.61. The number of allylic oxidation sites excluding steroid dienone is 5. The van der Waals surface area contributed by atoms with E-state index < -0.39 is 12.1 Å². The first kappa shape index (κ1) is 19.2. The zero-order chi connectivity index (χ0) is 20.6. The van der Waals surface area contributed by atoms with Crippen LogP contribution in [0.25, 0.3) is 0 Å². The van der Waals surface area contributed by atoms with Crippen LogP contribution in [-0.2, 0) is 0 Å². The van der Waals surface area contributed by atoms with Crippen molar-refractivity contribution in [2.45, 2.75) is 24.9 Å². The molecule has 0 fully saturated rings. The van der Waals surface area contributed by atoms with Gasteiger partial charge < -0.3 is 4.90 Å². The van der Waals surface area contributed by atoms with Crippen LogP contribution in [0.4, 0.5) is 18.9 Å². The fraction of sp³-hybridized carbons (Fsp3) is 0.286. The van der Waals surface area contributed by atoms with Crippen LogP contribution in [0, 0.1) is 5.92 Å². The molecule has 1 heterocycles. The van der Waals surface area contributed by atoms with E-state index in [9.17, 15) is 13.2 Å². The highest BCUT2D eigenvalue weighted by Gasteiger charge is 2.39. The van der Waals surface area contributed by atoms with Crippen molar-refractivity contribution >= 4 is 11.5 Å². The molecule has 2 atom stereocenters. The van der Waals surface area contributed by atoms with Gasteiger partial charge in [0.15, 0.2) is 0 Å². The Morgan fingerprint density at radius 1 is 1.24 bits per heavy atom. The second-order valence-corrected chi connectivity index (χ2v) is 7.31. The van der Waals surface area contributed by atoms with Gasteiger partial charge >= 0.3 is 12.0 Å². The van der Waals surface area contributed by atoms with Crippen LogP contribution in [-0.4, -0.2) is 18.6 Å². The first-order chi connectivity index (χ1) is 13.9. The minimum absolute atomic E-state index is 0.0209. The molecule has 5 nitrogen and oxygen atoms in total. The molecular weight excluding hydrogens is 379 g/mol. The molecule has 2 aliphatic carbocycles. The number of rotatable bonds is 3. The monoisotopic (exact) mass is 400 g/mol. The number of anilines is 1. The van der Waals surface area contributed by atoms with E-state index in [1.165, 1.54) is 6.08 Å². The molecule has 0 bridgehead atoms. The number of halogens is 3. The first-order valence-electron chi connectivity index (χ1n) is 9.33. The topological polar surface area (TPSA) is 79.6 Å². The van der Waals surface area contributed by atoms with E-state index in [2.05, 4.69) is 21.3 Å². The quantitative estimate of drug-likeness (QED) is 0.268. The number of para-hydroxylation sites is 1. The Morgan fingerprint density at radius 3 is 2.72 bits per heavy atom. The molecule has 0 saturated heterocycles. The van der Waals surface area contributed by atoms with E-state index in [4.69, 9.17) is 11.3 Å². The predicted molar refractivity (Wildman–Crippen MR) is 105 cm³/mol. The molecule has 2 unspecified atom stereocenters. The maximum Gasteiger partial charge on any atom is 0.395 e. The summed E-state index contributed by atoms with van der Waals surface area (Å²) in [5.74, 6) is 4.09. The lowest BCUT2D eigenvalue weighted by Gasteiger charge is -2.27. The van der Waals surface area contributed by atoms with E-state index >= 15 is 0 Å². The fourth-order valence-corrected chi connectivity index (χ4v) is 4.11. The molecule has 1 aromatic rings. The number of amidine groups is 1. The molecular formula is C21H21F3N5+. The molecule has 0 saturated carbocycles. The molecule has 3 aliphatic rings. The minimum atomic E-state index is -4.20. The molecule has 1 aromatic carbocycles. The number of alkyl halides is 3. The smallest absolute Gasteiger partial charge is 0.340 e. The Hall–Kier alpha value is -3.16. The maximum atomic E-state index is 12.9. The lowest BCUT2D eigenvalue weighted by atomic mass is 9.87. The van der Waals surface area contributed by atoms with Crippen LogP contribution >= 0.6 is 0 Å². The molecule has 4 rings (SSSR count). The highest BCUT2D eigenvalue weighted by molar-refractivity contribution is 5.95. The second kappa shape index (κ2) is 7.35. The molecule has 8 heteroatoms. The SMILES string of the molecule is NN=NC(=[NH2+])C1=CC=C2C(C1)c1ccccc1N2CC1=CCC(C(F)(F)F)C=C1. The van der Waals surface area contributed by atoms with E-state index in [1.807, 2.05) is 30.4 Å². The van der Waals surface area contributed by atoms with E-state index in [1.54, 1.807) is 12.2 Å². The van der Waals surface area contributed by atoms with Gasteiger partial charge in [0.1, 0.15) is 0 Å². The molecule has 0 spiro atoms. The lowest BCUT2D eigenvalue weighted by Crippen LogP contribution is -2.40. The Bertz CT molecular complexity index is 984. The number of hydrogen-bond donors (Lipinski definition) is 2. The van der Waals surface area contributed by atoms with Crippen molar-refractivity contribution in [2.24, 2.45) is 22.1 Å². The molecule has 29 heavy (non-hydrogen) atoms. The largest absolute Gasteiger partial charge is 0.395 e. The number of nitrogens with two attached hydrogens (primary N) is 2. The highest BCUT2D eigenvalue weighted by atomic mass is 19.4. The molecule has 0 amide bonds. The summed E-state index contributed by atoms with van der Waals surface area (Å²) in [6.07, 6.45) is 4.88. The van der Waals surface area contributed by atoms with Gasteiger partial charge in [-0.1, -0.05) is 36.4 Å². The third-order valence-corrected chi connectivity index (χ3v) is 5.58. The van der Waals surface area contributed by atoms with Crippen molar-refractivity contribution in [2.75, 3.05) is 11.4 Å². The van der Waals surface area contributed by atoms with Gasteiger partial charge in [-0.3, -0.25) is 11.3 Å². The number of fused-ring (bicyclic) bond motifs is 3. The average molecular weight is 400 g/mol.